The van der Waals surface area contributed by atoms with E-state index in [1.807, 2.05) is 24.3 Å². The van der Waals surface area contributed by atoms with Crippen molar-refractivity contribution in [3.8, 4) is 0 Å². The molecule has 0 spiro atoms. The quantitative estimate of drug-likeness (QED) is 0.721. The molecule has 22 heavy (non-hydrogen) atoms. The van der Waals surface area contributed by atoms with Gasteiger partial charge in [0, 0.05) is 49.2 Å². The number of aryl methyl sites for hydroxylation is 1. The summed E-state index contributed by atoms with van der Waals surface area (Å²) in [6.07, 6.45) is 5.98. The molecule has 110 valence electrons. The minimum absolute atomic E-state index is 0.0761. The van der Waals surface area contributed by atoms with E-state index in [1.165, 1.54) is 23.3 Å². The lowest BCUT2D eigenvalue weighted by Crippen LogP contribution is -2.17. The average Bonchev–Trinajstić information content (AvgIpc) is 2.52. The van der Waals surface area contributed by atoms with Gasteiger partial charge in [-0.25, -0.2) is 15.0 Å². The largest absolute Gasteiger partial charge is 0.302 e. The smallest absolute Gasteiger partial charge is 0.253 e. The summed E-state index contributed by atoms with van der Waals surface area (Å²) >= 11 is 0. The van der Waals surface area contributed by atoms with Crippen LogP contribution in [-0.2, 0) is 19.9 Å². The maximum Gasteiger partial charge on any atom is 0.253 e. The molecule has 3 aromatic heterocycles. The summed E-state index contributed by atoms with van der Waals surface area (Å²) in [7, 11) is 1.68. The first-order chi connectivity index (χ1) is 10.7. The van der Waals surface area contributed by atoms with Crippen LogP contribution in [-0.4, -0.2) is 24.5 Å². The van der Waals surface area contributed by atoms with E-state index in [4.69, 9.17) is 0 Å². The van der Waals surface area contributed by atoms with Crippen LogP contribution in [0, 0.1) is 0 Å². The number of rotatable bonds is 4. The van der Waals surface area contributed by atoms with E-state index >= 15 is 0 Å². The van der Waals surface area contributed by atoms with Gasteiger partial charge in [0.1, 0.15) is 6.33 Å². The zero-order valence-corrected chi connectivity index (χ0v) is 12.2. The van der Waals surface area contributed by atoms with Gasteiger partial charge in [-0.05, 0) is 18.2 Å². The fraction of sp³-hybridized carbons (Fsp3) is 0.188. The summed E-state index contributed by atoms with van der Waals surface area (Å²) in [4.78, 5) is 28.7. The normalized spacial score (nSPS) is 10.6. The van der Waals surface area contributed by atoms with Gasteiger partial charge in [0.2, 0.25) is 0 Å². The van der Waals surface area contributed by atoms with Gasteiger partial charge in [0.15, 0.2) is 0 Å². The summed E-state index contributed by atoms with van der Waals surface area (Å²) in [5, 5.41) is 0. The van der Waals surface area contributed by atoms with Crippen molar-refractivity contribution in [2.75, 3.05) is 0 Å². The minimum atomic E-state index is -0.0761. The second kappa shape index (κ2) is 6.26. The molecule has 0 amide bonds. The topological polar surface area (TPSA) is 73.6 Å². The Balaban J connectivity index is 1.79. The molecule has 6 nitrogen and oxygen atoms in total. The van der Waals surface area contributed by atoms with Gasteiger partial charge in [-0.1, -0.05) is 6.07 Å². The van der Waals surface area contributed by atoms with E-state index in [-0.39, 0.29) is 5.56 Å². The first-order valence-corrected chi connectivity index (χ1v) is 6.92. The molecular formula is C16H15N5O. The van der Waals surface area contributed by atoms with Gasteiger partial charge in [0.25, 0.3) is 5.56 Å². The van der Waals surface area contributed by atoms with E-state index in [1.54, 1.807) is 13.2 Å². The van der Waals surface area contributed by atoms with Gasteiger partial charge in [-0.3, -0.25) is 9.78 Å². The summed E-state index contributed by atoms with van der Waals surface area (Å²) in [5.41, 5.74) is 3.31. The Morgan fingerprint density at radius 1 is 0.909 bits per heavy atom. The molecule has 0 N–H and O–H groups in total. The van der Waals surface area contributed by atoms with Gasteiger partial charge < -0.3 is 4.57 Å². The van der Waals surface area contributed by atoms with Crippen LogP contribution in [0.25, 0.3) is 0 Å². The lowest BCUT2D eigenvalue weighted by atomic mass is 10.1. The van der Waals surface area contributed by atoms with Crippen LogP contribution in [0.4, 0.5) is 0 Å². The Morgan fingerprint density at radius 2 is 1.64 bits per heavy atom. The third-order valence-corrected chi connectivity index (χ3v) is 3.27. The predicted octanol–water partition coefficient (Wildman–Crippen LogP) is 1.15. The van der Waals surface area contributed by atoms with Gasteiger partial charge >= 0.3 is 0 Å². The second-order valence-corrected chi connectivity index (χ2v) is 5.00. The van der Waals surface area contributed by atoms with E-state index in [0.717, 1.165) is 17.1 Å². The number of hydrogen-bond donors (Lipinski definition) is 0. The maximum absolute atomic E-state index is 11.6. The molecule has 3 heterocycles. The Hall–Kier alpha value is -2.89. The maximum atomic E-state index is 11.6. The Kier molecular flexibility index (Phi) is 4.00. The molecule has 6 heteroatoms. The molecule has 0 unspecified atom stereocenters. The SMILES string of the molecule is Cn1cnc(Cc2cc(Cc3ccccn3)ncn2)cc1=O. The highest BCUT2D eigenvalue weighted by Gasteiger charge is 2.04. The first kappa shape index (κ1) is 14.1. The molecule has 0 aliphatic carbocycles. The van der Waals surface area contributed by atoms with Gasteiger partial charge in [-0.15, -0.1) is 0 Å². The molecule has 0 saturated carbocycles. The predicted molar refractivity (Wildman–Crippen MR) is 81.4 cm³/mol. The highest BCUT2D eigenvalue weighted by molar-refractivity contribution is 5.19. The van der Waals surface area contributed by atoms with E-state index in [0.29, 0.717) is 18.5 Å². The number of hydrogen-bond acceptors (Lipinski definition) is 5. The summed E-state index contributed by atoms with van der Waals surface area (Å²) in [6.45, 7) is 0. The number of aromatic nitrogens is 5. The van der Waals surface area contributed by atoms with E-state index < -0.39 is 0 Å². The Morgan fingerprint density at radius 3 is 2.32 bits per heavy atom. The molecule has 0 aliphatic heterocycles. The van der Waals surface area contributed by atoms with Crippen LogP contribution in [0.5, 0.6) is 0 Å². The zero-order valence-electron chi connectivity index (χ0n) is 12.2. The molecule has 3 rings (SSSR count). The van der Waals surface area contributed by atoms with Crippen LogP contribution < -0.4 is 5.56 Å². The van der Waals surface area contributed by atoms with E-state index in [9.17, 15) is 4.79 Å². The lowest BCUT2D eigenvalue weighted by molar-refractivity contribution is 0.801. The van der Waals surface area contributed by atoms with Crippen molar-refractivity contribution in [2.24, 2.45) is 7.05 Å². The van der Waals surface area contributed by atoms with Crippen LogP contribution >= 0.6 is 0 Å². The minimum Gasteiger partial charge on any atom is -0.302 e. The van der Waals surface area contributed by atoms with Crippen molar-refractivity contribution in [3.63, 3.8) is 0 Å². The van der Waals surface area contributed by atoms with Crippen molar-refractivity contribution in [1.82, 2.24) is 24.5 Å². The van der Waals surface area contributed by atoms with Crippen molar-refractivity contribution < 1.29 is 0 Å². The van der Waals surface area contributed by atoms with Crippen LogP contribution in [0.1, 0.15) is 22.8 Å². The Labute approximate surface area is 127 Å². The molecular weight excluding hydrogens is 278 g/mol. The fourth-order valence-electron chi connectivity index (χ4n) is 2.11. The fourth-order valence-corrected chi connectivity index (χ4v) is 2.11. The first-order valence-electron chi connectivity index (χ1n) is 6.92. The molecule has 0 saturated heterocycles. The number of pyridine rings is 1. The lowest BCUT2D eigenvalue weighted by Gasteiger charge is -2.04. The second-order valence-electron chi connectivity index (χ2n) is 5.00. The van der Waals surface area contributed by atoms with Crippen LogP contribution in [0.15, 0.2) is 54.0 Å². The molecule has 0 radical (unpaired) electrons. The van der Waals surface area contributed by atoms with Gasteiger partial charge in [0.05, 0.1) is 12.0 Å². The number of nitrogens with zero attached hydrogens (tertiary/aromatic N) is 5. The molecule has 0 aromatic carbocycles. The Bertz CT molecular complexity index is 829. The van der Waals surface area contributed by atoms with Crippen LogP contribution in [0.3, 0.4) is 0 Å². The summed E-state index contributed by atoms with van der Waals surface area (Å²) in [5.74, 6) is 0. The van der Waals surface area contributed by atoms with Crippen molar-refractivity contribution in [2.45, 2.75) is 12.8 Å². The van der Waals surface area contributed by atoms with Crippen molar-refractivity contribution >= 4 is 0 Å². The summed E-state index contributed by atoms with van der Waals surface area (Å²) < 4.78 is 1.44. The van der Waals surface area contributed by atoms with Crippen molar-refractivity contribution in [1.29, 1.82) is 0 Å². The molecule has 0 bridgehead atoms. The van der Waals surface area contributed by atoms with Gasteiger partial charge in [-0.2, -0.15) is 0 Å². The van der Waals surface area contributed by atoms with E-state index in [2.05, 4.69) is 19.9 Å². The molecule has 0 atom stereocenters. The highest BCUT2D eigenvalue weighted by Crippen LogP contribution is 2.07. The molecule has 3 aromatic rings. The third kappa shape index (κ3) is 3.41. The van der Waals surface area contributed by atoms with Crippen molar-refractivity contribution in [3.05, 3.63) is 82.3 Å². The standard InChI is InChI=1S/C16H15N5O/c1-21-11-20-15(9-16(21)22)8-14-7-13(18-10-19-14)6-12-4-2-3-5-17-12/h2-5,7,9-11H,6,8H2,1H3. The monoisotopic (exact) mass is 293 g/mol. The summed E-state index contributed by atoms with van der Waals surface area (Å²) in [6, 6.07) is 9.25. The van der Waals surface area contributed by atoms with Crippen LogP contribution in [0.2, 0.25) is 0 Å². The molecule has 0 fully saturated rings. The highest BCUT2D eigenvalue weighted by atomic mass is 16.1. The average molecular weight is 293 g/mol. The zero-order chi connectivity index (χ0) is 15.4. The third-order valence-electron chi connectivity index (χ3n) is 3.27. The molecule has 0 aliphatic rings.